The molecule has 1 saturated carbocycles. The highest BCUT2D eigenvalue weighted by atomic mass is 16.6. The molecule has 6 heteroatoms. The van der Waals surface area contributed by atoms with Crippen molar-refractivity contribution >= 4 is 17.7 Å². The fraction of sp³-hybridized carbons (Fsp3) is 0.529. The molecule has 0 bridgehead atoms. The van der Waals surface area contributed by atoms with E-state index in [-0.39, 0.29) is 11.7 Å². The second kappa shape index (κ2) is 5.44. The van der Waals surface area contributed by atoms with Crippen LogP contribution in [0.4, 0.5) is 10.5 Å². The van der Waals surface area contributed by atoms with Gasteiger partial charge in [0.05, 0.1) is 5.92 Å². The third kappa shape index (κ3) is 3.57. The summed E-state index contributed by atoms with van der Waals surface area (Å²) >= 11 is 0. The highest BCUT2D eigenvalue weighted by molar-refractivity contribution is 5.85. The van der Waals surface area contributed by atoms with Gasteiger partial charge < -0.3 is 14.9 Å². The van der Waals surface area contributed by atoms with Crippen LogP contribution in [-0.2, 0) is 9.53 Å². The van der Waals surface area contributed by atoms with Gasteiger partial charge in [0.25, 0.3) is 0 Å². The Morgan fingerprint density at radius 1 is 1.26 bits per heavy atom. The highest BCUT2D eigenvalue weighted by Gasteiger charge is 2.63. The van der Waals surface area contributed by atoms with Crippen molar-refractivity contribution in [2.45, 2.75) is 46.1 Å². The zero-order chi connectivity index (χ0) is 17.6. The van der Waals surface area contributed by atoms with E-state index in [0.717, 1.165) is 0 Å². The summed E-state index contributed by atoms with van der Waals surface area (Å²) in [5.41, 5.74) is -0.0697. The molecule has 6 nitrogen and oxygen atoms in total. The minimum absolute atomic E-state index is 0.0292. The molecule has 1 fully saturated rings. The van der Waals surface area contributed by atoms with Crippen molar-refractivity contribution in [1.82, 2.24) is 0 Å². The van der Waals surface area contributed by atoms with E-state index in [1.807, 2.05) is 13.8 Å². The first-order chi connectivity index (χ1) is 10.4. The number of ether oxygens (including phenoxy) is 1. The molecule has 1 aliphatic rings. The molecule has 0 unspecified atom stereocenters. The number of carboxylic acid groups (broad SMARTS) is 1. The average molecular weight is 321 g/mol. The molecular weight excluding hydrogens is 298 g/mol. The van der Waals surface area contributed by atoms with Crippen LogP contribution in [0.5, 0.6) is 5.75 Å². The number of anilines is 1. The van der Waals surface area contributed by atoms with Crippen LogP contribution in [0.15, 0.2) is 18.2 Å². The summed E-state index contributed by atoms with van der Waals surface area (Å²) in [6.45, 7) is 8.99. The van der Waals surface area contributed by atoms with Crippen molar-refractivity contribution in [3.8, 4) is 5.75 Å². The van der Waals surface area contributed by atoms with Crippen LogP contribution >= 0.6 is 0 Å². The third-order valence-corrected chi connectivity index (χ3v) is 4.10. The van der Waals surface area contributed by atoms with Gasteiger partial charge in [-0.2, -0.15) is 0 Å². The Bertz CT molecular complexity index is 645. The maximum Gasteiger partial charge on any atom is 0.412 e. The quantitative estimate of drug-likeness (QED) is 0.740. The van der Waals surface area contributed by atoms with E-state index in [1.165, 1.54) is 6.07 Å². The van der Waals surface area contributed by atoms with Gasteiger partial charge in [0, 0.05) is 17.2 Å². The molecule has 1 aliphatic carbocycles. The van der Waals surface area contributed by atoms with E-state index in [4.69, 9.17) is 4.74 Å². The molecule has 2 rings (SSSR count). The van der Waals surface area contributed by atoms with Crippen LogP contribution in [0.1, 0.15) is 46.1 Å². The van der Waals surface area contributed by atoms with Crippen LogP contribution in [0.3, 0.4) is 0 Å². The Morgan fingerprint density at radius 2 is 1.87 bits per heavy atom. The summed E-state index contributed by atoms with van der Waals surface area (Å²) in [5, 5.41) is 21.9. The second-order valence-corrected chi connectivity index (χ2v) is 7.52. The van der Waals surface area contributed by atoms with E-state index in [1.54, 1.807) is 32.9 Å². The van der Waals surface area contributed by atoms with Crippen molar-refractivity contribution in [3.63, 3.8) is 0 Å². The number of phenolic OH excluding ortho intramolecular Hbond substituents is 1. The number of benzene rings is 1. The Hall–Kier alpha value is -2.24. The topological polar surface area (TPSA) is 95.9 Å². The SMILES string of the molecule is CC(C)(C)OC(=O)Nc1ccc(O)c([C@H]2[C@H](C(=O)O)C2(C)C)c1. The number of hydrogen-bond acceptors (Lipinski definition) is 4. The standard InChI is InChI=1S/C17H23NO5/c1-16(2,3)23-15(22)18-9-6-7-11(19)10(8-9)12-13(14(20)21)17(12,4)5/h6-8,12-13,19H,1-5H3,(H,18,22)(H,20,21)/t12-,13+/m0/s1. The summed E-state index contributed by atoms with van der Waals surface area (Å²) < 4.78 is 5.18. The lowest BCUT2D eigenvalue weighted by molar-refractivity contribution is -0.139. The molecule has 0 spiro atoms. The van der Waals surface area contributed by atoms with Gasteiger partial charge in [-0.1, -0.05) is 13.8 Å². The van der Waals surface area contributed by atoms with Gasteiger partial charge in [0.2, 0.25) is 0 Å². The summed E-state index contributed by atoms with van der Waals surface area (Å²) in [4.78, 5) is 23.1. The van der Waals surface area contributed by atoms with Crippen molar-refractivity contribution in [1.29, 1.82) is 0 Å². The minimum Gasteiger partial charge on any atom is -0.508 e. The minimum atomic E-state index is -0.884. The fourth-order valence-corrected chi connectivity index (χ4v) is 2.98. The summed E-state index contributed by atoms with van der Waals surface area (Å²) in [7, 11) is 0. The van der Waals surface area contributed by atoms with Crippen molar-refractivity contribution in [2.24, 2.45) is 11.3 Å². The second-order valence-electron chi connectivity index (χ2n) is 7.52. The molecular formula is C17H23NO5. The molecule has 23 heavy (non-hydrogen) atoms. The first-order valence-electron chi connectivity index (χ1n) is 7.49. The molecule has 0 aromatic heterocycles. The molecule has 0 heterocycles. The fourth-order valence-electron chi connectivity index (χ4n) is 2.98. The van der Waals surface area contributed by atoms with E-state index < -0.39 is 29.0 Å². The average Bonchev–Trinajstić information content (AvgIpc) is 2.92. The summed E-state index contributed by atoms with van der Waals surface area (Å²) in [5.74, 6) is -1.70. The Kier molecular flexibility index (Phi) is 4.05. The summed E-state index contributed by atoms with van der Waals surface area (Å²) in [6, 6.07) is 4.61. The van der Waals surface area contributed by atoms with Gasteiger partial charge in [-0.15, -0.1) is 0 Å². The Labute approximate surface area is 135 Å². The largest absolute Gasteiger partial charge is 0.508 e. The third-order valence-electron chi connectivity index (χ3n) is 4.10. The van der Waals surface area contributed by atoms with Crippen LogP contribution in [-0.4, -0.2) is 27.9 Å². The summed E-state index contributed by atoms with van der Waals surface area (Å²) in [6.07, 6.45) is -0.598. The number of carbonyl (C=O) groups is 2. The van der Waals surface area contributed by atoms with E-state index in [9.17, 15) is 19.8 Å². The van der Waals surface area contributed by atoms with E-state index >= 15 is 0 Å². The monoisotopic (exact) mass is 321 g/mol. The van der Waals surface area contributed by atoms with Gasteiger partial charge in [-0.05, 0) is 44.4 Å². The predicted molar refractivity (Wildman–Crippen MR) is 85.6 cm³/mol. The van der Waals surface area contributed by atoms with E-state index in [0.29, 0.717) is 11.3 Å². The lowest BCUT2D eigenvalue weighted by Gasteiger charge is -2.20. The lowest BCUT2D eigenvalue weighted by Crippen LogP contribution is -2.27. The zero-order valence-electron chi connectivity index (χ0n) is 14.0. The number of aliphatic carboxylic acids is 1. The molecule has 2 atom stereocenters. The molecule has 1 aromatic rings. The van der Waals surface area contributed by atoms with Crippen molar-refractivity contribution in [3.05, 3.63) is 23.8 Å². The number of phenols is 1. The molecule has 0 aliphatic heterocycles. The number of aromatic hydroxyl groups is 1. The zero-order valence-corrected chi connectivity index (χ0v) is 14.0. The highest BCUT2D eigenvalue weighted by Crippen LogP contribution is 2.65. The van der Waals surface area contributed by atoms with Gasteiger partial charge in [-0.25, -0.2) is 4.79 Å². The van der Waals surface area contributed by atoms with Crippen molar-refractivity contribution in [2.75, 3.05) is 5.32 Å². The molecule has 0 radical (unpaired) electrons. The van der Waals surface area contributed by atoms with Crippen molar-refractivity contribution < 1.29 is 24.5 Å². The number of hydrogen-bond donors (Lipinski definition) is 3. The lowest BCUT2D eigenvalue weighted by atomic mass is 10.0. The van der Waals surface area contributed by atoms with E-state index in [2.05, 4.69) is 5.32 Å². The van der Waals surface area contributed by atoms with Gasteiger partial charge >= 0.3 is 12.1 Å². The van der Waals surface area contributed by atoms with Gasteiger partial charge in [0.1, 0.15) is 11.4 Å². The molecule has 0 saturated heterocycles. The van der Waals surface area contributed by atoms with Crippen LogP contribution in [0.2, 0.25) is 0 Å². The Morgan fingerprint density at radius 3 is 2.35 bits per heavy atom. The number of nitrogens with one attached hydrogen (secondary N) is 1. The normalized spacial score (nSPS) is 22.3. The van der Waals surface area contributed by atoms with Crippen LogP contribution in [0, 0.1) is 11.3 Å². The van der Waals surface area contributed by atoms with Crippen LogP contribution < -0.4 is 5.32 Å². The smallest absolute Gasteiger partial charge is 0.412 e. The molecule has 1 amide bonds. The van der Waals surface area contributed by atoms with Gasteiger partial charge in [0.15, 0.2) is 0 Å². The number of carbonyl (C=O) groups excluding carboxylic acids is 1. The maximum absolute atomic E-state index is 11.8. The molecule has 126 valence electrons. The van der Waals surface area contributed by atoms with Gasteiger partial charge in [-0.3, -0.25) is 10.1 Å². The molecule has 3 N–H and O–H groups in total. The number of amides is 1. The first-order valence-corrected chi connectivity index (χ1v) is 7.49. The van der Waals surface area contributed by atoms with Crippen LogP contribution in [0.25, 0.3) is 0 Å². The Balaban J connectivity index is 2.21. The molecule has 1 aromatic carbocycles. The first kappa shape index (κ1) is 17.1. The number of carboxylic acids is 1. The number of rotatable bonds is 3. The predicted octanol–water partition coefficient (Wildman–Crippen LogP) is 3.56. The maximum atomic E-state index is 11.8.